The van der Waals surface area contributed by atoms with Crippen molar-refractivity contribution >= 4 is 32.6 Å². The van der Waals surface area contributed by atoms with E-state index in [-0.39, 0.29) is 5.91 Å². The average molecular weight is 340 g/mol. The Morgan fingerprint density at radius 2 is 2.00 bits per heavy atom. The Labute approximate surface area is 145 Å². The Balaban J connectivity index is 1.52. The zero-order valence-corrected chi connectivity index (χ0v) is 14.7. The third-order valence-electron chi connectivity index (χ3n) is 3.90. The molecule has 0 radical (unpaired) electrons. The number of hydrogen-bond donors (Lipinski definition) is 1. The molecule has 0 aliphatic carbocycles. The first-order valence-electron chi connectivity index (χ1n) is 7.94. The van der Waals surface area contributed by atoms with Gasteiger partial charge >= 0.3 is 0 Å². The summed E-state index contributed by atoms with van der Waals surface area (Å²) in [5.41, 5.74) is 3.30. The molecule has 0 saturated heterocycles. The van der Waals surface area contributed by atoms with Crippen LogP contribution in [0.5, 0.6) is 5.75 Å². The number of fused-ring (bicyclic) bond motifs is 1. The number of carbonyl (C=O) groups excluding carboxylic acids is 1. The lowest BCUT2D eigenvalue weighted by molar-refractivity contribution is -0.116. The minimum atomic E-state index is 0.0141. The molecule has 4 nitrogen and oxygen atoms in total. The average Bonchev–Trinajstić information content (AvgIpc) is 2.99. The molecular weight excluding hydrogens is 320 g/mol. The van der Waals surface area contributed by atoms with Gasteiger partial charge in [-0.3, -0.25) is 4.79 Å². The predicted molar refractivity (Wildman–Crippen MR) is 98.9 cm³/mol. The maximum absolute atomic E-state index is 12.1. The summed E-state index contributed by atoms with van der Waals surface area (Å²) in [5, 5.41) is 3.59. The molecule has 24 heavy (non-hydrogen) atoms. The lowest BCUT2D eigenvalue weighted by Crippen LogP contribution is -2.11. The number of ether oxygens (including phenoxy) is 1. The van der Waals surface area contributed by atoms with Crippen LogP contribution in [-0.4, -0.2) is 18.0 Å². The van der Waals surface area contributed by atoms with E-state index >= 15 is 0 Å². The number of aromatic nitrogens is 1. The molecule has 3 rings (SSSR count). The van der Waals surface area contributed by atoms with E-state index < -0.39 is 0 Å². The van der Waals surface area contributed by atoms with Crippen LogP contribution in [-0.2, 0) is 11.2 Å². The Hall–Kier alpha value is -2.40. The highest BCUT2D eigenvalue weighted by molar-refractivity contribution is 7.22. The van der Waals surface area contributed by atoms with Crippen LogP contribution in [0.2, 0.25) is 0 Å². The number of carbonyl (C=O) groups is 1. The van der Waals surface area contributed by atoms with Gasteiger partial charge in [0.1, 0.15) is 5.75 Å². The number of methoxy groups -OCH3 is 1. The van der Waals surface area contributed by atoms with Crippen LogP contribution < -0.4 is 10.1 Å². The first-order chi connectivity index (χ1) is 11.7. The number of amides is 1. The summed E-state index contributed by atoms with van der Waals surface area (Å²) in [6.07, 6.45) is 2.17. The van der Waals surface area contributed by atoms with Gasteiger partial charge in [-0.05, 0) is 49.1 Å². The monoisotopic (exact) mass is 340 g/mol. The lowest BCUT2D eigenvalue weighted by atomic mass is 10.1. The van der Waals surface area contributed by atoms with E-state index in [0.717, 1.165) is 34.4 Å². The highest BCUT2D eigenvalue weighted by atomic mass is 32.1. The van der Waals surface area contributed by atoms with Gasteiger partial charge in [-0.1, -0.05) is 35.6 Å². The number of hydrogen-bond acceptors (Lipinski definition) is 4. The van der Waals surface area contributed by atoms with Crippen molar-refractivity contribution in [3.63, 3.8) is 0 Å². The molecule has 0 atom stereocenters. The lowest BCUT2D eigenvalue weighted by Gasteiger charge is -2.04. The van der Waals surface area contributed by atoms with Crippen molar-refractivity contribution in [3.05, 3.63) is 53.6 Å². The molecule has 124 valence electrons. The van der Waals surface area contributed by atoms with Gasteiger partial charge < -0.3 is 10.1 Å². The smallest absolute Gasteiger partial charge is 0.226 e. The number of thiazole rings is 1. The summed E-state index contributed by atoms with van der Waals surface area (Å²) in [7, 11) is 1.66. The zero-order valence-electron chi connectivity index (χ0n) is 13.8. The maximum Gasteiger partial charge on any atom is 0.226 e. The van der Waals surface area contributed by atoms with E-state index in [2.05, 4.69) is 10.3 Å². The second-order valence-corrected chi connectivity index (χ2v) is 6.72. The molecule has 5 heteroatoms. The SMILES string of the molecule is COc1ccc(CCCC(=O)Nc2nc3c(C)cccc3s2)cc1. The molecule has 0 bridgehead atoms. The molecule has 3 aromatic rings. The second-order valence-electron chi connectivity index (χ2n) is 5.69. The number of benzene rings is 2. The topological polar surface area (TPSA) is 51.2 Å². The summed E-state index contributed by atoms with van der Waals surface area (Å²) in [5.74, 6) is 0.864. The molecule has 2 aromatic carbocycles. The van der Waals surface area contributed by atoms with E-state index in [9.17, 15) is 4.79 Å². The zero-order chi connectivity index (χ0) is 16.9. The molecular formula is C19H20N2O2S. The van der Waals surface area contributed by atoms with Crippen molar-refractivity contribution in [2.24, 2.45) is 0 Å². The first-order valence-corrected chi connectivity index (χ1v) is 8.76. The van der Waals surface area contributed by atoms with Gasteiger partial charge in [0.15, 0.2) is 5.13 Å². The third kappa shape index (κ3) is 3.92. The third-order valence-corrected chi connectivity index (χ3v) is 4.83. The Morgan fingerprint density at radius 3 is 2.71 bits per heavy atom. The van der Waals surface area contributed by atoms with Crippen LogP contribution in [0, 0.1) is 6.92 Å². The maximum atomic E-state index is 12.1. The standard InChI is InChI=1S/C19H20N2O2S/c1-13-5-3-7-16-18(13)21-19(24-16)20-17(22)8-4-6-14-9-11-15(23-2)12-10-14/h3,5,7,9-12H,4,6,8H2,1-2H3,(H,20,21,22). The van der Waals surface area contributed by atoms with E-state index in [4.69, 9.17) is 4.74 Å². The molecule has 0 unspecified atom stereocenters. The van der Waals surface area contributed by atoms with Gasteiger partial charge in [-0.2, -0.15) is 0 Å². The van der Waals surface area contributed by atoms with E-state index in [1.54, 1.807) is 7.11 Å². The molecule has 0 spiro atoms. The first kappa shape index (κ1) is 16.5. The van der Waals surface area contributed by atoms with Gasteiger partial charge in [0.2, 0.25) is 5.91 Å². The molecule has 0 fully saturated rings. The minimum Gasteiger partial charge on any atom is -0.497 e. The van der Waals surface area contributed by atoms with E-state index in [0.29, 0.717) is 11.6 Å². The number of nitrogens with one attached hydrogen (secondary N) is 1. The van der Waals surface area contributed by atoms with Gasteiger partial charge in [0.05, 0.1) is 17.3 Å². The van der Waals surface area contributed by atoms with Crippen LogP contribution in [0.1, 0.15) is 24.0 Å². The van der Waals surface area contributed by atoms with E-state index in [1.807, 2.05) is 49.4 Å². The normalized spacial score (nSPS) is 10.8. The number of nitrogens with zero attached hydrogens (tertiary/aromatic N) is 1. The summed E-state index contributed by atoms with van der Waals surface area (Å²) in [4.78, 5) is 16.6. The van der Waals surface area contributed by atoms with Gasteiger partial charge in [-0.25, -0.2) is 4.98 Å². The molecule has 0 aliphatic heterocycles. The highest BCUT2D eigenvalue weighted by Gasteiger charge is 2.09. The van der Waals surface area contributed by atoms with Crippen molar-refractivity contribution in [2.75, 3.05) is 12.4 Å². The Bertz CT molecular complexity index is 840. The van der Waals surface area contributed by atoms with Gasteiger partial charge in [0, 0.05) is 6.42 Å². The van der Waals surface area contributed by atoms with Crippen molar-refractivity contribution < 1.29 is 9.53 Å². The predicted octanol–water partition coefficient (Wildman–Crippen LogP) is 4.57. The van der Waals surface area contributed by atoms with Crippen molar-refractivity contribution in [2.45, 2.75) is 26.2 Å². The number of anilines is 1. The highest BCUT2D eigenvalue weighted by Crippen LogP contribution is 2.28. The van der Waals surface area contributed by atoms with Crippen molar-refractivity contribution in [1.29, 1.82) is 0 Å². The number of aryl methyl sites for hydroxylation is 2. The number of rotatable bonds is 6. The Morgan fingerprint density at radius 1 is 1.21 bits per heavy atom. The van der Waals surface area contributed by atoms with Crippen LogP contribution in [0.3, 0.4) is 0 Å². The molecule has 1 amide bonds. The van der Waals surface area contributed by atoms with E-state index in [1.165, 1.54) is 16.9 Å². The molecule has 0 saturated carbocycles. The molecule has 1 heterocycles. The van der Waals surface area contributed by atoms with Crippen molar-refractivity contribution in [3.8, 4) is 5.75 Å². The van der Waals surface area contributed by atoms with Crippen LogP contribution >= 0.6 is 11.3 Å². The molecule has 1 aromatic heterocycles. The van der Waals surface area contributed by atoms with Crippen LogP contribution in [0.4, 0.5) is 5.13 Å². The van der Waals surface area contributed by atoms with Gasteiger partial charge in [-0.15, -0.1) is 0 Å². The Kier molecular flexibility index (Phi) is 5.11. The molecule has 0 aliphatic rings. The largest absolute Gasteiger partial charge is 0.497 e. The van der Waals surface area contributed by atoms with Crippen molar-refractivity contribution in [1.82, 2.24) is 4.98 Å². The second kappa shape index (κ2) is 7.45. The molecule has 1 N–H and O–H groups in total. The summed E-state index contributed by atoms with van der Waals surface area (Å²) < 4.78 is 6.24. The fourth-order valence-corrected chi connectivity index (χ4v) is 3.53. The number of para-hydroxylation sites is 1. The van der Waals surface area contributed by atoms with Crippen LogP contribution in [0.15, 0.2) is 42.5 Å². The minimum absolute atomic E-state index is 0.0141. The summed E-state index contributed by atoms with van der Waals surface area (Å²) in [6, 6.07) is 14.0. The fraction of sp³-hybridized carbons (Fsp3) is 0.263. The van der Waals surface area contributed by atoms with Gasteiger partial charge in [0.25, 0.3) is 0 Å². The summed E-state index contributed by atoms with van der Waals surface area (Å²) in [6.45, 7) is 2.03. The van der Waals surface area contributed by atoms with Crippen LogP contribution in [0.25, 0.3) is 10.2 Å². The fourth-order valence-electron chi connectivity index (χ4n) is 2.57. The quantitative estimate of drug-likeness (QED) is 0.715. The summed E-state index contributed by atoms with van der Waals surface area (Å²) >= 11 is 1.52.